The Balaban J connectivity index is 2.13. The van der Waals surface area contributed by atoms with Crippen LogP contribution in [-0.2, 0) is 6.54 Å². The average Bonchev–Trinajstić information content (AvgIpc) is 2.88. The fraction of sp³-hybridized carbons (Fsp3) is 0.600. The van der Waals surface area contributed by atoms with Crippen molar-refractivity contribution in [3.8, 4) is 0 Å². The molecule has 0 bridgehead atoms. The molecule has 1 saturated heterocycles. The second kappa shape index (κ2) is 6.87. The van der Waals surface area contributed by atoms with Crippen LogP contribution in [0.15, 0.2) is 16.6 Å². The maximum Gasteiger partial charge on any atom is 0.160 e. The van der Waals surface area contributed by atoms with Crippen LogP contribution in [0.4, 0.5) is 10.1 Å². The zero-order valence-corrected chi connectivity index (χ0v) is 13.8. The summed E-state index contributed by atoms with van der Waals surface area (Å²) in [5, 5.41) is 0. The van der Waals surface area contributed by atoms with E-state index < -0.39 is 0 Å². The molecule has 2 N–H and O–H groups in total. The van der Waals surface area contributed by atoms with Crippen molar-refractivity contribution in [2.45, 2.75) is 32.4 Å². The van der Waals surface area contributed by atoms with Gasteiger partial charge in [0.1, 0.15) is 0 Å². The van der Waals surface area contributed by atoms with E-state index in [-0.39, 0.29) is 5.82 Å². The Kier molecular flexibility index (Phi) is 5.41. The monoisotopic (exact) mass is 343 g/mol. The Morgan fingerprint density at radius 3 is 2.90 bits per heavy atom. The molecule has 5 heteroatoms. The summed E-state index contributed by atoms with van der Waals surface area (Å²) in [6.45, 7) is 5.61. The normalized spacial score (nSPS) is 19.6. The number of hydrogen-bond acceptors (Lipinski definition) is 3. The van der Waals surface area contributed by atoms with Crippen LogP contribution >= 0.6 is 15.9 Å². The van der Waals surface area contributed by atoms with Crippen LogP contribution in [0, 0.1) is 5.82 Å². The van der Waals surface area contributed by atoms with Crippen molar-refractivity contribution in [3.63, 3.8) is 0 Å². The zero-order chi connectivity index (χ0) is 14.7. The third-order valence-corrected chi connectivity index (χ3v) is 5.02. The molecule has 1 fully saturated rings. The summed E-state index contributed by atoms with van der Waals surface area (Å²) < 4.78 is 14.9. The van der Waals surface area contributed by atoms with Crippen LogP contribution in [0.1, 0.15) is 25.3 Å². The van der Waals surface area contributed by atoms with E-state index in [0.717, 1.165) is 25.2 Å². The fourth-order valence-electron chi connectivity index (χ4n) is 2.96. The van der Waals surface area contributed by atoms with Crippen molar-refractivity contribution in [1.29, 1.82) is 0 Å². The molecule has 1 heterocycles. The molecule has 2 rings (SSSR count). The van der Waals surface area contributed by atoms with Crippen LogP contribution in [0.3, 0.4) is 0 Å². The van der Waals surface area contributed by atoms with Crippen LogP contribution in [0.5, 0.6) is 0 Å². The smallest absolute Gasteiger partial charge is 0.160 e. The molecule has 0 saturated carbocycles. The Hall–Kier alpha value is -0.650. The van der Waals surface area contributed by atoms with Gasteiger partial charge in [-0.05, 0) is 53.5 Å². The largest absolute Gasteiger partial charge is 0.371 e. The molecule has 0 aromatic heterocycles. The first-order chi connectivity index (χ1) is 9.58. The zero-order valence-electron chi connectivity index (χ0n) is 12.2. The number of likely N-dealkylation sites (tertiary alicyclic amines) is 1. The summed E-state index contributed by atoms with van der Waals surface area (Å²) in [4.78, 5) is 4.48. The molecule has 3 nitrogen and oxygen atoms in total. The van der Waals surface area contributed by atoms with Crippen LogP contribution in [0.25, 0.3) is 0 Å². The van der Waals surface area contributed by atoms with Gasteiger partial charge in [0.15, 0.2) is 5.82 Å². The van der Waals surface area contributed by atoms with Gasteiger partial charge in [-0.2, -0.15) is 0 Å². The minimum Gasteiger partial charge on any atom is -0.371 e. The highest BCUT2D eigenvalue weighted by atomic mass is 79.9. The van der Waals surface area contributed by atoms with E-state index in [4.69, 9.17) is 5.73 Å². The van der Waals surface area contributed by atoms with Gasteiger partial charge in [0.2, 0.25) is 0 Å². The Morgan fingerprint density at radius 1 is 1.50 bits per heavy atom. The minimum atomic E-state index is -0.212. The van der Waals surface area contributed by atoms with Gasteiger partial charge in [0.05, 0.1) is 10.2 Å². The first-order valence-corrected chi connectivity index (χ1v) is 7.99. The summed E-state index contributed by atoms with van der Waals surface area (Å²) >= 11 is 3.31. The third-order valence-electron chi connectivity index (χ3n) is 4.16. The molecule has 0 amide bonds. The molecule has 20 heavy (non-hydrogen) atoms. The van der Waals surface area contributed by atoms with Crippen LogP contribution < -0.4 is 10.6 Å². The summed E-state index contributed by atoms with van der Waals surface area (Å²) in [6.07, 6.45) is 2.44. The molecule has 0 aliphatic carbocycles. The number of halogens is 2. The Bertz CT molecular complexity index is 467. The van der Waals surface area contributed by atoms with Crippen LogP contribution in [-0.4, -0.2) is 37.6 Å². The summed E-state index contributed by atoms with van der Waals surface area (Å²) in [7, 11) is 1.96. The Labute approximate surface area is 129 Å². The summed E-state index contributed by atoms with van der Waals surface area (Å²) in [5.74, 6) is -0.212. The van der Waals surface area contributed by atoms with Gasteiger partial charge >= 0.3 is 0 Å². The van der Waals surface area contributed by atoms with Crippen LogP contribution in [0.2, 0.25) is 0 Å². The molecule has 112 valence electrons. The number of anilines is 1. The quantitative estimate of drug-likeness (QED) is 0.891. The SMILES string of the molecule is CCN1CCCC1CN(C)c1ccc(CN)c(Br)c1F. The molecule has 1 aromatic carbocycles. The molecule has 1 aliphatic heterocycles. The number of nitrogens with zero attached hydrogens (tertiary/aromatic N) is 2. The molecule has 1 aromatic rings. The van der Waals surface area contributed by atoms with E-state index >= 15 is 0 Å². The van der Waals surface area contributed by atoms with E-state index in [1.54, 1.807) is 0 Å². The molecule has 1 atom stereocenters. The van der Waals surface area contributed by atoms with Crippen molar-refractivity contribution in [2.24, 2.45) is 5.73 Å². The van der Waals surface area contributed by atoms with Crippen molar-refractivity contribution in [2.75, 3.05) is 31.6 Å². The average molecular weight is 344 g/mol. The predicted octanol–water partition coefficient (Wildman–Crippen LogP) is 2.97. The van der Waals surface area contributed by atoms with Gasteiger partial charge in [0, 0.05) is 26.2 Å². The first-order valence-electron chi connectivity index (χ1n) is 7.20. The molecule has 0 spiro atoms. The van der Waals surface area contributed by atoms with E-state index in [2.05, 4.69) is 27.8 Å². The lowest BCUT2D eigenvalue weighted by atomic mass is 10.1. The Morgan fingerprint density at radius 2 is 2.25 bits per heavy atom. The highest BCUT2D eigenvalue weighted by molar-refractivity contribution is 9.10. The second-order valence-corrected chi connectivity index (χ2v) is 6.17. The number of benzene rings is 1. The fourth-order valence-corrected chi connectivity index (χ4v) is 3.46. The van der Waals surface area contributed by atoms with Gasteiger partial charge in [-0.15, -0.1) is 0 Å². The maximum atomic E-state index is 14.4. The maximum absolute atomic E-state index is 14.4. The number of nitrogens with two attached hydrogens (primary N) is 1. The first kappa shape index (κ1) is 15.7. The number of rotatable bonds is 5. The number of hydrogen-bond donors (Lipinski definition) is 1. The predicted molar refractivity (Wildman–Crippen MR) is 85.5 cm³/mol. The summed E-state index contributed by atoms with van der Waals surface area (Å²) in [6, 6.07) is 4.25. The standard InChI is InChI=1S/C15H23BrFN3/c1-3-20-8-4-5-12(20)10-19(2)13-7-6-11(9-18)14(16)15(13)17/h6-7,12H,3-5,8-10,18H2,1-2H3. The molecular weight excluding hydrogens is 321 g/mol. The molecule has 1 aliphatic rings. The van der Waals surface area contributed by atoms with Gasteiger partial charge in [-0.1, -0.05) is 13.0 Å². The molecule has 1 unspecified atom stereocenters. The highest BCUT2D eigenvalue weighted by Gasteiger charge is 2.25. The second-order valence-electron chi connectivity index (χ2n) is 5.38. The van der Waals surface area contributed by atoms with Gasteiger partial charge in [-0.3, -0.25) is 4.90 Å². The highest BCUT2D eigenvalue weighted by Crippen LogP contribution is 2.29. The topological polar surface area (TPSA) is 32.5 Å². The van der Waals surface area contributed by atoms with E-state index in [1.807, 2.05) is 24.1 Å². The lowest BCUT2D eigenvalue weighted by Crippen LogP contribution is -2.39. The van der Waals surface area contributed by atoms with Crippen molar-refractivity contribution in [3.05, 3.63) is 28.0 Å². The van der Waals surface area contributed by atoms with E-state index in [9.17, 15) is 4.39 Å². The van der Waals surface area contributed by atoms with E-state index in [1.165, 1.54) is 12.8 Å². The van der Waals surface area contributed by atoms with E-state index in [0.29, 0.717) is 22.7 Å². The lowest BCUT2D eigenvalue weighted by molar-refractivity contribution is 0.270. The third kappa shape index (κ3) is 3.15. The minimum absolute atomic E-state index is 0.212. The summed E-state index contributed by atoms with van der Waals surface area (Å²) in [5.41, 5.74) is 7.03. The van der Waals surface area contributed by atoms with Crippen molar-refractivity contribution >= 4 is 21.6 Å². The lowest BCUT2D eigenvalue weighted by Gasteiger charge is -2.29. The van der Waals surface area contributed by atoms with Crippen molar-refractivity contribution in [1.82, 2.24) is 4.90 Å². The molecule has 0 radical (unpaired) electrons. The van der Waals surface area contributed by atoms with Gasteiger partial charge < -0.3 is 10.6 Å². The molecular formula is C15H23BrFN3. The number of likely N-dealkylation sites (N-methyl/N-ethyl adjacent to an activating group) is 2. The van der Waals surface area contributed by atoms with Gasteiger partial charge in [0.25, 0.3) is 0 Å². The van der Waals surface area contributed by atoms with Crippen molar-refractivity contribution < 1.29 is 4.39 Å². The van der Waals surface area contributed by atoms with Gasteiger partial charge in [-0.25, -0.2) is 4.39 Å².